The molecule has 1 unspecified atom stereocenters. The van der Waals surface area contributed by atoms with E-state index in [1.165, 1.54) is 49.1 Å². The molecule has 38 heavy (non-hydrogen) atoms. The third kappa shape index (κ3) is 6.62. The maximum absolute atomic E-state index is 13.1. The summed E-state index contributed by atoms with van der Waals surface area (Å²) in [5.41, 5.74) is -0.406. The number of pyridine rings is 1. The molecule has 0 aliphatic carbocycles. The summed E-state index contributed by atoms with van der Waals surface area (Å²) >= 11 is 0. The summed E-state index contributed by atoms with van der Waals surface area (Å²) < 4.78 is 70.5. The molecule has 0 bridgehead atoms. The van der Waals surface area contributed by atoms with Crippen molar-refractivity contribution in [3.63, 3.8) is 0 Å². The Labute approximate surface area is 223 Å². The Morgan fingerprint density at radius 1 is 1.16 bits per heavy atom. The molecule has 2 aliphatic rings. The van der Waals surface area contributed by atoms with Gasteiger partial charge in [-0.3, -0.25) is 4.98 Å². The van der Waals surface area contributed by atoms with Gasteiger partial charge in [0.15, 0.2) is 0 Å². The molecule has 12 nitrogen and oxygen atoms in total. The average Bonchev–Trinajstić information content (AvgIpc) is 3.33. The van der Waals surface area contributed by atoms with Gasteiger partial charge in [-0.15, -0.1) is 0 Å². The van der Waals surface area contributed by atoms with Gasteiger partial charge in [0.2, 0.25) is 20.0 Å². The highest BCUT2D eigenvalue weighted by molar-refractivity contribution is 7.89. The van der Waals surface area contributed by atoms with E-state index in [2.05, 4.69) is 15.0 Å². The maximum Gasteiger partial charge on any atom is 0.244 e. The lowest BCUT2D eigenvalue weighted by Gasteiger charge is -2.38. The molecule has 2 saturated heterocycles. The number of hydrogen-bond acceptors (Lipinski definition) is 10. The average molecular weight is 571 g/mol. The fourth-order valence-corrected chi connectivity index (χ4v) is 6.85. The number of aliphatic hydroxyl groups is 1. The summed E-state index contributed by atoms with van der Waals surface area (Å²) in [4.78, 5) is 4.14. The molecular formula is C24H34N4O8S2. The van der Waals surface area contributed by atoms with Gasteiger partial charge in [0.05, 0.1) is 30.4 Å². The van der Waals surface area contributed by atoms with Crippen LogP contribution in [0.3, 0.4) is 0 Å². The van der Waals surface area contributed by atoms with Crippen molar-refractivity contribution in [2.24, 2.45) is 0 Å². The minimum absolute atomic E-state index is 0.0132. The van der Waals surface area contributed by atoms with Crippen LogP contribution in [0.15, 0.2) is 52.5 Å². The molecule has 3 N–H and O–H groups in total. The second-order valence-electron chi connectivity index (χ2n) is 9.42. The largest absolute Gasteiger partial charge is 0.495 e. The van der Waals surface area contributed by atoms with E-state index in [-0.39, 0.29) is 29.0 Å². The summed E-state index contributed by atoms with van der Waals surface area (Å²) in [5, 5.41) is 13.7. The highest BCUT2D eigenvalue weighted by atomic mass is 32.2. The smallest absolute Gasteiger partial charge is 0.244 e. The van der Waals surface area contributed by atoms with E-state index < -0.39 is 31.8 Å². The Hall–Kier alpha value is -2.33. The van der Waals surface area contributed by atoms with Crippen molar-refractivity contribution in [2.75, 3.05) is 47.0 Å². The molecule has 1 spiro atoms. The second kappa shape index (κ2) is 11.8. The molecule has 3 heterocycles. The number of hydrogen-bond donors (Lipinski definition) is 3. The van der Waals surface area contributed by atoms with E-state index >= 15 is 0 Å². The fraction of sp³-hybridized carbons (Fsp3) is 0.542. The molecule has 0 radical (unpaired) electrons. The van der Waals surface area contributed by atoms with Crippen molar-refractivity contribution in [1.82, 2.24) is 19.3 Å². The highest BCUT2D eigenvalue weighted by Gasteiger charge is 2.44. The number of aliphatic hydroxyl groups excluding tert-OH is 1. The predicted octanol–water partition coefficient (Wildman–Crippen LogP) is 0.340. The van der Waals surface area contributed by atoms with Crippen LogP contribution in [-0.4, -0.2) is 96.0 Å². The van der Waals surface area contributed by atoms with Gasteiger partial charge < -0.3 is 24.6 Å². The molecule has 2 fully saturated rings. The van der Waals surface area contributed by atoms with Crippen LogP contribution >= 0.6 is 0 Å². The second-order valence-corrected chi connectivity index (χ2v) is 13.2. The lowest BCUT2D eigenvalue weighted by Crippen LogP contribution is -2.47. The minimum Gasteiger partial charge on any atom is -0.495 e. The van der Waals surface area contributed by atoms with Crippen molar-refractivity contribution >= 4 is 20.0 Å². The van der Waals surface area contributed by atoms with Gasteiger partial charge in [0.1, 0.15) is 29.1 Å². The van der Waals surface area contributed by atoms with Crippen molar-refractivity contribution in [3.05, 3.63) is 42.7 Å². The zero-order chi connectivity index (χ0) is 27.4. The number of aromatic nitrogens is 1. The fourth-order valence-electron chi connectivity index (χ4n) is 4.66. The molecule has 2 aliphatic heterocycles. The lowest BCUT2D eigenvalue weighted by molar-refractivity contribution is -0.0312. The quantitative estimate of drug-likeness (QED) is 0.344. The summed E-state index contributed by atoms with van der Waals surface area (Å²) in [6.45, 7) is 1.39. The standard InChI is InChI=1S/C24H34N4O8S2/c1-25-37(30,31)22-5-3-4-20(10-22)35-17-19(29)13-27-18-12-24(36-16-18)6-8-28(9-7-24)38(32,33)23-11-21(34-2)14-26-15-23/h3-5,10-11,14-15,18-19,25,27,29H,6-9,12-13,16-17H2,1-2H3/t18?,19-/m0/s1. The topological polar surface area (TPSA) is 156 Å². The third-order valence-corrected chi connectivity index (χ3v) is 10.1. The van der Waals surface area contributed by atoms with Gasteiger partial charge in [-0.25, -0.2) is 21.6 Å². The molecule has 4 rings (SSSR count). The minimum atomic E-state index is -3.68. The van der Waals surface area contributed by atoms with Crippen molar-refractivity contribution in [3.8, 4) is 11.5 Å². The van der Waals surface area contributed by atoms with Crippen molar-refractivity contribution in [2.45, 2.75) is 46.8 Å². The van der Waals surface area contributed by atoms with Crippen LogP contribution in [0, 0.1) is 0 Å². The Balaban J connectivity index is 1.23. The number of piperidine rings is 1. The Kier molecular flexibility index (Phi) is 8.92. The predicted molar refractivity (Wildman–Crippen MR) is 138 cm³/mol. The van der Waals surface area contributed by atoms with Crippen LogP contribution in [-0.2, 0) is 24.8 Å². The van der Waals surface area contributed by atoms with Gasteiger partial charge >= 0.3 is 0 Å². The zero-order valence-electron chi connectivity index (χ0n) is 21.4. The van der Waals surface area contributed by atoms with Crippen molar-refractivity contribution in [1.29, 1.82) is 0 Å². The molecule has 210 valence electrons. The van der Waals surface area contributed by atoms with E-state index in [4.69, 9.17) is 14.2 Å². The van der Waals surface area contributed by atoms with Crippen LogP contribution in [0.4, 0.5) is 0 Å². The van der Waals surface area contributed by atoms with Crippen LogP contribution in [0.2, 0.25) is 0 Å². The molecule has 1 aromatic heterocycles. The molecular weight excluding hydrogens is 536 g/mol. The first-order valence-electron chi connectivity index (χ1n) is 12.3. The monoisotopic (exact) mass is 570 g/mol. The summed E-state index contributed by atoms with van der Waals surface area (Å²) in [5.74, 6) is 0.727. The number of rotatable bonds is 11. The number of methoxy groups -OCH3 is 1. The molecule has 1 aromatic carbocycles. The van der Waals surface area contributed by atoms with E-state index in [1.54, 1.807) is 12.1 Å². The van der Waals surface area contributed by atoms with E-state index in [9.17, 15) is 21.9 Å². The Morgan fingerprint density at radius 3 is 2.61 bits per heavy atom. The van der Waals surface area contributed by atoms with Crippen LogP contribution in [0.5, 0.6) is 11.5 Å². The van der Waals surface area contributed by atoms with E-state index in [0.29, 0.717) is 50.5 Å². The molecule has 0 saturated carbocycles. The number of ether oxygens (including phenoxy) is 3. The van der Waals surface area contributed by atoms with E-state index in [1.807, 2.05) is 0 Å². The number of nitrogens with zero attached hydrogens (tertiary/aromatic N) is 2. The lowest BCUT2D eigenvalue weighted by atomic mass is 9.88. The number of nitrogens with one attached hydrogen (secondary N) is 2. The number of sulfonamides is 2. The summed E-state index contributed by atoms with van der Waals surface area (Å²) in [7, 11) is -4.47. The van der Waals surface area contributed by atoms with Crippen LogP contribution < -0.4 is 19.5 Å². The molecule has 2 aromatic rings. The van der Waals surface area contributed by atoms with Crippen LogP contribution in [0.25, 0.3) is 0 Å². The molecule has 2 atom stereocenters. The van der Waals surface area contributed by atoms with Gasteiger partial charge in [0, 0.05) is 44.0 Å². The number of benzene rings is 1. The van der Waals surface area contributed by atoms with Gasteiger partial charge in [-0.05, 0) is 38.4 Å². The van der Waals surface area contributed by atoms with Crippen LogP contribution in [0.1, 0.15) is 19.3 Å². The molecule has 14 heteroatoms. The SMILES string of the molecule is CNS(=O)(=O)c1cccc(OC[C@@H](O)CNC2COC3(CCN(S(=O)(=O)c4cncc(OC)c4)CC3)C2)c1. The Morgan fingerprint density at radius 2 is 1.89 bits per heavy atom. The third-order valence-electron chi connectivity index (χ3n) is 6.87. The summed E-state index contributed by atoms with van der Waals surface area (Å²) in [6.07, 6.45) is 3.81. The highest BCUT2D eigenvalue weighted by Crippen LogP contribution is 2.37. The first kappa shape index (κ1) is 28.7. The molecule has 0 amide bonds. The maximum atomic E-state index is 13.1. The van der Waals surface area contributed by atoms with Gasteiger partial charge in [0.25, 0.3) is 0 Å². The Bertz CT molecular complexity index is 1310. The first-order valence-corrected chi connectivity index (χ1v) is 15.2. The zero-order valence-corrected chi connectivity index (χ0v) is 23.0. The van der Waals surface area contributed by atoms with Gasteiger partial charge in [-0.2, -0.15) is 4.31 Å². The van der Waals surface area contributed by atoms with Gasteiger partial charge in [-0.1, -0.05) is 6.07 Å². The first-order chi connectivity index (χ1) is 18.1. The van der Waals surface area contributed by atoms with Crippen molar-refractivity contribution < 1.29 is 36.2 Å². The van der Waals surface area contributed by atoms with E-state index in [0.717, 1.165) is 0 Å². The summed E-state index contributed by atoms with van der Waals surface area (Å²) in [6, 6.07) is 7.54. The normalized spacial score (nSPS) is 20.9.